The molecule has 3 heterocycles. The van der Waals surface area contributed by atoms with Crippen LogP contribution in [0.1, 0.15) is 53.4 Å². The summed E-state index contributed by atoms with van der Waals surface area (Å²) in [6.45, 7) is 6.35. The van der Waals surface area contributed by atoms with Crippen LogP contribution in [0.2, 0.25) is 0 Å². The van der Waals surface area contributed by atoms with Crippen molar-refractivity contribution in [2.45, 2.75) is 139 Å². The number of hydrogen-bond acceptors (Lipinski definition) is 15. The minimum Gasteiger partial charge on any atom is -0.394 e. The lowest BCUT2D eigenvalue weighted by atomic mass is 9.97. The minimum atomic E-state index is -1.72. The molecule has 0 aromatic heterocycles. The summed E-state index contributed by atoms with van der Waals surface area (Å²) in [6.07, 6.45) is -11.4. The Hall–Kier alpha value is -1.38. The fourth-order valence-electron chi connectivity index (χ4n) is 5.46. The summed E-state index contributed by atoms with van der Waals surface area (Å²) in [5, 5.41) is 91.9. The van der Waals surface area contributed by atoms with Gasteiger partial charge >= 0.3 is 0 Å². The first-order chi connectivity index (χ1) is 22.3. The Balaban J connectivity index is 1.74. The number of aliphatic hydroxyl groups is 9. The van der Waals surface area contributed by atoms with Crippen molar-refractivity contribution in [1.82, 2.24) is 0 Å². The van der Waals surface area contributed by atoms with E-state index >= 15 is 0 Å². The van der Waals surface area contributed by atoms with Gasteiger partial charge in [-0.1, -0.05) is 34.9 Å². The first-order valence-corrected chi connectivity index (χ1v) is 16.1. The van der Waals surface area contributed by atoms with Gasteiger partial charge in [-0.25, -0.2) is 0 Å². The summed E-state index contributed by atoms with van der Waals surface area (Å²) < 4.78 is 34.6. The summed E-state index contributed by atoms with van der Waals surface area (Å²) in [4.78, 5) is 0. The molecule has 3 aliphatic rings. The molecule has 0 aromatic carbocycles. The van der Waals surface area contributed by atoms with E-state index in [-0.39, 0.29) is 19.8 Å². The lowest BCUT2D eigenvalue weighted by Gasteiger charge is -2.48. The number of aliphatic hydroxyl groups excluding tert-OH is 9. The Morgan fingerprint density at radius 3 is 1.89 bits per heavy atom. The van der Waals surface area contributed by atoms with Gasteiger partial charge in [0.1, 0.15) is 61.0 Å². The molecule has 47 heavy (non-hydrogen) atoms. The third-order valence-electron chi connectivity index (χ3n) is 8.65. The highest BCUT2D eigenvalue weighted by Gasteiger charge is 2.53. The summed E-state index contributed by atoms with van der Waals surface area (Å²) in [7, 11) is 0. The Labute approximate surface area is 275 Å². The van der Waals surface area contributed by atoms with E-state index in [1.165, 1.54) is 12.5 Å². The van der Waals surface area contributed by atoms with Crippen molar-refractivity contribution in [2.24, 2.45) is 0 Å². The molecule has 0 radical (unpaired) electrons. The van der Waals surface area contributed by atoms with Crippen LogP contribution in [0, 0.1) is 0 Å². The Bertz CT molecular complexity index is 1040. The van der Waals surface area contributed by atoms with Gasteiger partial charge in [-0.05, 0) is 53.4 Å². The second kappa shape index (κ2) is 19.1. The predicted molar refractivity (Wildman–Crippen MR) is 164 cm³/mol. The molecule has 3 fully saturated rings. The van der Waals surface area contributed by atoms with Gasteiger partial charge in [0, 0.05) is 0 Å². The molecule has 0 unspecified atom stereocenters. The summed E-state index contributed by atoms with van der Waals surface area (Å²) in [5.74, 6) is 0. The fourth-order valence-corrected chi connectivity index (χ4v) is 5.46. The van der Waals surface area contributed by atoms with Crippen LogP contribution in [-0.4, -0.2) is 158 Å². The van der Waals surface area contributed by atoms with Crippen molar-refractivity contribution in [2.75, 3.05) is 26.4 Å². The third-order valence-corrected chi connectivity index (χ3v) is 8.65. The van der Waals surface area contributed by atoms with E-state index in [0.29, 0.717) is 0 Å². The first kappa shape index (κ1) is 40.1. The quantitative estimate of drug-likeness (QED) is 0.0897. The van der Waals surface area contributed by atoms with Crippen LogP contribution in [0.4, 0.5) is 0 Å². The average Bonchev–Trinajstić information content (AvgIpc) is 3.04. The average molecular weight is 679 g/mol. The predicted octanol–water partition coefficient (Wildman–Crippen LogP) is -1.49. The van der Waals surface area contributed by atoms with Gasteiger partial charge in [0.25, 0.3) is 0 Å². The van der Waals surface area contributed by atoms with Gasteiger partial charge in [0.15, 0.2) is 18.9 Å². The lowest BCUT2D eigenvalue weighted by molar-refractivity contribution is -0.385. The lowest BCUT2D eigenvalue weighted by Crippen LogP contribution is -2.66. The van der Waals surface area contributed by atoms with Crippen molar-refractivity contribution < 1.29 is 74.4 Å². The number of rotatable bonds is 15. The van der Waals surface area contributed by atoms with E-state index in [4.69, 9.17) is 33.5 Å². The molecule has 0 spiro atoms. The molecule has 272 valence electrons. The second-order valence-corrected chi connectivity index (χ2v) is 12.6. The van der Waals surface area contributed by atoms with Gasteiger partial charge in [-0.15, -0.1) is 0 Å². The van der Waals surface area contributed by atoms with Crippen LogP contribution >= 0.6 is 0 Å². The molecule has 3 saturated heterocycles. The molecule has 3 aliphatic heterocycles. The molecule has 15 nitrogen and oxygen atoms in total. The molecule has 0 saturated carbocycles. The molecular weight excluding hydrogens is 624 g/mol. The number of allylic oxidation sites excluding steroid dienone is 4. The summed E-state index contributed by atoms with van der Waals surface area (Å²) in [5.41, 5.74) is 3.18. The van der Waals surface area contributed by atoms with Gasteiger partial charge in [-0.3, -0.25) is 0 Å². The normalized spacial score (nSPS) is 40.9. The minimum absolute atomic E-state index is 0.00449. The van der Waals surface area contributed by atoms with E-state index in [1.54, 1.807) is 0 Å². The van der Waals surface area contributed by atoms with Crippen molar-refractivity contribution in [1.29, 1.82) is 0 Å². The maximum absolute atomic E-state index is 11.1. The maximum Gasteiger partial charge on any atom is 0.187 e. The van der Waals surface area contributed by atoms with E-state index in [9.17, 15) is 40.9 Å². The SMILES string of the molecule is C/C(=C\CC/C(C)=C/CC/C(C)=C/CO[C@@H]1O[C@H](CO)[C@@H](O)[C@H](O[C@@H]2OC[C@@H](O)[C@H](O)[C@H]2O)[C@H]1O[C@H]1O[C@@H](C)[C@H](O)[C@@H](O)[C@H]1O)CO. The van der Waals surface area contributed by atoms with E-state index < -0.39 is 92.6 Å². The van der Waals surface area contributed by atoms with Gasteiger partial charge in [0.05, 0.1) is 32.5 Å². The van der Waals surface area contributed by atoms with Crippen LogP contribution < -0.4 is 0 Å². The zero-order valence-corrected chi connectivity index (χ0v) is 27.4. The standard InChI is InChI=1S/C32H54O15/c1-16(8-6-10-18(3)13-33)7-5-9-17(2)11-12-42-32-29(47-31-27(41)25(39)22(36)19(4)44-31)28(24(38)21(14-34)45-32)46-30-26(40)23(37)20(35)15-43-30/h7,10-11,19-41H,5-6,8-9,12-15H2,1-4H3/b16-7+,17-11+,18-10+/t19-,20+,21+,22-,23-,24+,25+,26+,27+,28-,29+,30-,31+,32+/m0/s1. The Morgan fingerprint density at radius 2 is 1.26 bits per heavy atom. The summed E-state index contributed by atoms with van der Waals surface area (Å²) >= 11 is 0. The van der Waals surface area contributed by atoms with Crippen LogP contribution in [-0.2, 0) is 28.4 Å². The van der Waals surface area contributed by atoms with Crippen molar-refractivity contribution >= 4 is 0 Å². The largest absolute Gasteiger partial charge is 0.394 e. The summed E-state index contributed by atoms with van der Waals surface area (Å²) in [6, 6.07) is 0. The van der Waals surface area contributed by atoms with E-state index in [0.717, 1.165) is 36.8 Å². The first-order valence-electron chi connectivity index (χ1n) is 16.1. The van der Waals surface area contributed by atoms with Crippen LogP contribution in [0.15, 0.2) is 34.9 Å². The van der Waals surface area contributed by atoms with E-state index in [1.807, 2.05) is 26.0 Å². The van der Waals surface area contributed by atoms with Crippen molar-refractivity contribution in [3.05, 3.63) is 34.9 Å². The molecule has 0 aliphatic carbocycles. The number of hydrogen-bond donors (Lipinski definition) is 9. The highest BCUT2D eigenvalue weighted by Crippen LogP contribution is 2.33. The van der Waals surface area contributed by atoms with Gasteiger partial charge in [0.2, 0.25) is 0 Å². The molecule has 15 heteroatoms. The topological polar surface area (TPSA) is 237 Å². The number of ether oxygens (including phenoxy) is 6. The molecular formula is C32H54O15. The molecule has 3 rings (SSSR count). The van der Waals surface area contributed by atoms with Gasteiger partial charge in [-0.2, -0.15) is 0 Å². The Morgan fingerprint density at radius 1 is 0.660 bits per heavy atom. The van der Waals surface area contributed by atoms with Crippen molar-refractivity contribution in [3.63, 3.8) is 0 Å². The van der Waals surface area contributed by atoms with Crippen molar-refractivity contribution in [3.8, 4) is 0 Å². The van der Waals surface area contributed by atoms with E-state index in [2.05, 4.69) is 13.0 Å². The Kier molecular flexibility index (Phi) is 16.3. The zero-order chi connectivity index (χ0) is 34.8. The fraction of sp³-hybridized carbons (Fsp3) is 0.812. The molecule has 9 N–H and O–H groups in total. The molecule has 0 aromatic rings. The highest BCUT2D eigenvalue weighted by atomic mass is 16.8. The molecule has 0 bridgehead atoms. The molecule has 14 atom stereocenters. The smallest absolute Gasteiger partial charge is 0.187 e. The third kappa shape index (κ3) is 11.1. The second-order valence-electron chi connectivity index (χ2n) is 12.6. The highest BCUT2D eigenvalue weighted by molar-refractivity contribution is 5.06. The maximum atomic E-state index is 11.1. The van der Waals surface area contributed by atoms with Crippen LogP contribution in [0.25, 0.3) is 0 Å². The molecule has 0 amide bonds. The van der Waals surface area contributed by atoms with Gasteiger partial charge < -0.3 is 74.4 Å². The van der Waals surface area contributed by atoms with Crippen LogP contribution in [0.3, 0.4) is 0 Å². The van der Waals surface area contributed by atoms with Crippen LogP contribution in [0.5, 0.6) is 0 Å². The monoisotopic (exact) mass is 678 g/mol. The zero-order valence-electron chi connectivity index (χ0n) is 27.4.